The zero-order valence-corrected chi connectivity index (χ0v) is 9.08. The number of hydrogen-bond donors (Lipinski definition) is 1. The van der Waals surface area contributed by atoms with Gasteiger partial charge in [0, 0.05) is 11.7 Å². The molecule has 13 heavy (non-hydrogen) atoms. The molecule has 0 heterocycles. The van der Waals surface area contributed by atoms with Crippen LogP contribution in [0.3, 0.4) is 0 Å². The molecule has 1 aliphatic rings. The Morgan fingerprint density at radius 1 is 1.46 bits per heavy atom. The van der Waals surface area contributed by atoms with Crippen molar-refractivity contribution in [1.29, 1.82) is 0 Å². The summed E-state index contributed by atoms with van der Waals surface area (Å²) >= 11 is 0. The van der Waals surface area contributed by atoms with Crippen molar-refractivity contribution in [1.82, 2.24) is 5.32 Å². The van der Waals surface area contributed by atoms with Gasteiger partial charge in [0.2, 0.25) is 0 Å². The van der Waals surface area contributed by atoms with Crippen LogP contribution in [-0.4, -0.2) is 11.7 Å². The fourth-order valence-corrected chi connectivity index (χ4v) is 1.02. The topological polar surface area (TPSA) is 12.0 Å². The van der Waals surface area contributed by atoms with Crippen LogP contribution in [0.5, 0.6) is 0 Å². The zero-order valence-electron chi connectivity index (χ0n) is 9.08. The van der Waals surface area contributed by atoms with E-state index in [1.807, 2.05) is 0 Å². The minimum Gasteiger partial charge on any atom is -0.383 e. The van der Waals surface area contributed by atoms with Gasteiger partial charge in [-0.15, -0.1) is 0 Å². The van der Waals surface area contributed by atoms with E-state index in [0.717, 1.165) is 0 Å². The van der Waals surface area contributed by atoms with Crippen LogP contribution < -0.4 is 5.32 Å². The Balaban J connectivity index is 2.45. The van der Waals surface area contributed by atoms with Gasteiger partial charge >= 0.3 is 0 Å². The Hall–Kier alpha value is -0.530. The van der Waals surface area contributed by atoms with Gasteiger partial charge < -0.3 is 5.32 Å². The largest absolute Gasteiger partial charge is 0.383 e. The van der Waals surface area contributed by atoms with E-state index < -0.39 is 5.67 Å². The fraction of sp³-hybridized carbons (Fsp3) is 0.818. The van der Waals surface area contributed by atoms with Crippen molar-refractivity contribution >= 4 is 0 Å². The van der Waals surface area contributed by atoms with Crippen LogP contribution in [0.1, 0.15) is 40.5 Å². The SMILES string of the molecule is C=C(NC(C)C(C)(C)C)C1(F)CC1. The molecule has 1 rings (SSSR count). The normalized spacial score (nSPS) is 22.2. The van der Waals surface area contributed by atoms with E-state index in [0.29, 0.717) is 18.5 Å². The summed E-state index contributed by atoms with van der Waals surface area (Å²) in [4.78, 5) is 0. The molecule has 1 aliphatic carbocycles. The molecule has 0 amide bonds. The van der Waals surface area contributed by atoms with Crippen LogP contribution in [0, 0.1) is 5.41 Å². The molecule has 0 saturated heterocycles. The van der Waals surface area contributed by atoms with Gasteiger partial charge in [0.25, 0.3) is 0 Å². The molecule has 0 aromatic carbocycles. The van der Waals surface area contributed by atoms with Gasteiger partial charge in [0.15, 0.2) is 0 Å². The molecule has 0 aromatic rings. The van der Waals surface area contributed by atoms with Crippen molar-refractivity contribution < 1.29 is 4.39 Å². The minimum absolute atomic E-state index is 0.147. The molecular weight excluding hydrogens is 165 g/mol. The van der Waals surface area contributed by atoms with E-state index in [2.05, 4.69) is 39.6 Å². The summed E-state index contributed by atoms with van der Waals surface area (Å²) in [6.07, 6.45) is 1.27. The molecule has 0 aliphatic heterocycles. The first-order chi connectivity index (χ1) is 5.76. The smallest absolute Gasteiger partial charge is 0.149 e. The van der Waals surface area contributed by atoms with Gasteiger partial charge in [-0.3, -0.25) is 0 Å². The molecular formula is C11H20FN. The second kappa shape index (κ2) is 3.00. The molecule has 1 saturated carbocycles. The van der Waals surface area contributed by atoms with Crippen LogP contribution >= 0.6 is 0 Å². The summed E-state index contributed by atoms with van der Waals surface area (Å²) in [5, 5.41) is 3.15. The number of allylic oxidation sites excluding steroid dienone is 1. The number of alkyl halides is 1. The Labute approximate surface area is 80.4 Å². The standard InChI is InChI=1S/C11H20FN/c1-8(10(3,4)5)13-9(2)11(12)6-7-11/h8,13H,2,6-7H2,1,3-5H3. The first kappa shape index (κ1) is 10.6. The van der Waals surface area contributed by atoms with Crippen LogP contribution in [0.25, 0.3) is 0 Å². The summed E-state index contributed by atoms with van der Waals surface area (Å²) in [5.74, 6) is 0. The van der Waals surface area contributed by atoms with E-state index in [-0.39, 0.29) is 11.5 Å². The number of halogens is 1. The van der Waals surface area contributed by atoms with Gasteiger partial charge in [-0.05, 0) is 25.2 Å². The van der Waals surface area contributed by atoms with Crippen molar-refractivity contribution in [2.45, 2.75) is 52.2 Å². The Morgan fingerprint density at radius 3 is 2.23 bits per heavy atom. The molecule has 1 N–H and O–H groups in total. The maximum atomic E-state index is 13.5. The van der Waals surface area contributed by atoms with Gasteiger partial charge in [-0.1, -0.05) is 27.4 Å². The van der Waals surface area contributed by atoms with Crippen LogP contribution in [-0.2, 0) is 0 Å². The lowest BCUT2D eigenvalue weighted by Gasteiger charge is -2.30. The van der Waals surface area contributed by atoms with Gasteiger partial charge in [-0.2, -0.15) is 0 Å². The minimum atomic E-state index is -1.10. The van der Waals surface area contributed by atoms with Crippen LogP contribution in [0.2, 0.25) is 0 Å². The van der Waals surface area contributed by atoms with E-state index >= 15 is 0 Å². The highest BCUT2D eigenvalue weighted by molar-refractivity contribution is 5.20. The zero-order chi connectivity index (χ0) is 10.3. The third-order valence-electron chi connectivity index (χ3n) is 2.92. The maximum Gasteiger partial charge on any atom is 0.149 e. The van der Waals surface area contributed by atoms with Gasteiger partial charge in [0.1, 0.15) is 5.67 Å². The van der Waals surface area contributed by atoms with Gasteiger partial charge in [-0.25, -0.2) is 4.39 Å². The molecule has 1 unspecified atom stereocenters. The third kappa shape index (κ3) is 2.45. The first-order valence-electron chi connectivity index (χ1n) is 4.90. The average Bonchev–Trinajstić information content (AvgIpc) is 2.67. The fourth-order valence-electron chi connectivity index (χ4n) is 1.02. The van der Waals surface area contributed by atoms with Crippen LogP contribution in [0.4, 0.5) is 4.39 Å². The monoisotopic (exact) mass is 185 g/mol. The molecule has 0 radical (unpaired) electrons. The summed E-state index contributed by atoms with van der Waals surface area (Å²) < 4.78 is 13.5. The Bertz CT molecular complexity index is 211. The molecule has 1 atom stereocenters. The van der Waals surface area contributed by atoms with Crippen molar-refractivity contribution in [2.75, 3.05) is 0 Å². The molecule has 0 spiro atoms. The summed E-state index contributed by atoms with van der Waals surface area (Å²) in [5.41, 5.74) is -0.386. The van der Waals surface area contributed by atoms with Crippen molar-refractivity contribution in [3.8, 4) is 0 Å². The number of hydrogen-bond acceptors (Lipinski definition) is 1. The molecule has 0 bridgehead atoms. The third-order valence-corrected chi connectivity index (χ3v) is 2.92. The lowest BCUT2D eigenvalue weighted by molar-refractivity contribution is 0.271. The highest BCUT2D eigenvalue weighted by Gasteiger charge is 2.46. The number of nitrogens with one attached hydrogen (secondary N) is 1. The van der Waals surface area contributed by atoms with E-state index in [9.17, 15) is 4.39 Å². The van der Waals surface area contributed by atoms with E-state index in [1.165, 1.54) is 0 Å². The lowest BCUT2D eigenvalue weighted by atomic mass is 9.88. The summed E-state index contributed by atoms with van der Waals surface area (Å²) in [6, 6.07) is 0.258. The molecule has 1 fully saturated rings. The van der Waals surface area contributed by atoms with Crippen LogP contribution in [0.15, 0.2) is 12.3 Å². The van der Waals surface area contributed by atoms with E-state index in [1.54, 1.807) is 0 Å². The predicted octanol–water partition coefficient (Wildman–Crippen LogP) is 3.03. The molecule has 1 nitrogen and oxygen atoms in total. The highest BCUT2D eigenvalue weighted by atomic mass is 19.1. The Kier molecular flexibility index (Phi) is 2.44. The average molecular weight is 185 g/mol. The first-order valence-corrected chi connectivity index (χ1v) is 4.90. The van der Waals surface area contributed by atoms with Crippen molar-refractivity contribution in [3.63, 3.8) is 0 Å². The second-order valence-electron chi connectivity index (χ2n) is 5.18. The quantitative estimate of drug-likeness (QED) is 0.712. The maximum absolute atomic E-state index is 13.5. The molecule has 76 valence electrons. The lowest BCUT2D eigenvalue weighted by Crippen LogP contribution is -2.39. The van der Waals surface area contributed by atoms with E-state index in [4.69, 9.17) is 0 Å². The summed E-state index contributed by atoms with van der Waals surface area (Å²) in [6.45, 7) is 12.2. The van der Waals surface area contributed by atoms with Gasteiger partial charge in [0.05, 0.1) is 0 Å². The van der Waals surface area contributed by atoms with Crippen molar-refractivity contribution in [3.05, 3.63) is 12.3 Å². The second-order valence-corrected chi connectivity index (χ2v) is 5.18. The molecule has 0 aromatic heterocycles. The summed E-state index contributed by atoms with van der Waals surface area (Å²) in [7, 11) is 0. The molecule has 2 heteroatoms. The Morgan fingerprint density at radius 2 is 1.92 bits per heavy atom. The predicted molar refractivity (Wildman–Crippen MR) is 54.3 cm³/mol. The highest BCUT2D eigenvalue weighted by Crippen LogP contribution is 2.44. The van der Waals surface area contributed by atoms with Crippen molar-refractivity contribution in [2.24, 2.45) is 5.41 Å². The number of rotatable bonds is 3.